The summed E-state index contributed by atoms with van der Waals surface area (Å²) in [6.45, 7) is 6.27. The van der Waals surface area contributed by atoms with Crippen LogP contribution in [0, 0.1) is 0 Å². The summed E-state index contributed by atoms with van der Waals surface area (Å²) >= 11 is 0. The lowest BCUT2D eigenvalue weighted by Gasteiger charge is -2.18. The minimum absolute atomic E-state index is 0.0510. The van der Waals surface area contributed by atoms with Crippen molar-refractivity contribution in [2.24, 2.45) is 0 Å². The molecule has 0 aliphatic rings. The van der Waals surface area contributed by atoms with E-state index in [1.54, 1.807) is 19.1 Å². The first-order valence-corrected chi connectivity index (χ1v) is 12.6. The SMILES string of the molecule is CCCc1c(OCC(=O)OCC)ccc(C(C)=O)c1OCCOCCOCCOS(C)(=O)=O. The summed E-state index contributed by atoms with van der Waals surface area (Å²) in [4.78, 5) is 23.8. The van der Waals surface area contributed by atoms with Gasteiger partial charge >= 0.3 is 5.97 Å². The number of ketones is 1. The molecule has 0 fully saturated rings. The van der Waals surface area contributed by atoms with Crippen LogP contribution in [0.5, 0.6) is 11.5 Å². The highest BCUT2D eigenvalue weighted by Crippen LogP contribution is 2.34. The smallest absolute Gasteiger partial charge is 0.344 e. The van der Waals surface area contributed by atoms with E-state index in [1.807, 2.05) is 6.92 Å². The van der Waals surface area contributed by atoms with Crippen molar-refractivity contribution in [3.8, 4) is 11.5 Å². The van der Waals surface area contributed by atoms with E-state index in [4.69, 9.17) is 23.7 Å². The van der Waals surface area contributed by atoms with E-state index in [2.05, 4.69) is 4.18 Å². The van der Waals surface area contributed by atoms with Gasteiger partial charge in [-0.2, -0.15) is 8.42 Å². The van der Waals surface area contributed by atoms with Crippen LogP contribution in [0.4, 0.5) is 0 Å². The van der Waals surface area contributed by atoms with Crippen LogP contribution in [0.1, 0.15) is 43.1 Å². The number of hydrogen-bond acceptors (Lipinski definition) is 10. The first-order chi connectivity index (χ1) is 15.7. The zero-order valence-corrected chi connectivity index (χ0v) is 20.5. The maximum absolute atomic E-state index is 12.1. The summed E-state index contributed by atoms with van der Waals surface area (Å²) in [5.41, 5.74) is 1.14. The number of rotatable bonds is 18. The third kappa shape index (κ3) is 12.0. The number of Topliss-reactive ketones (excluding diaryl/α,β-unsaturated/α-hetero) is 1. The maximum Gasteiger partial charge on any atom is 0.344 e. The Morgan fingerprint density at radius 1 is 0.909 bits per heavy atom. The van der Waals surface area contributed by atoms with Crippen molar-refractivity contribution in [1.29, 1.82) is 0 Å². The summed E-state index contributed by atoms with van der Waals surface area (Å²) in [7, 11) is -3.47. The van der Waals surface area contributed by atoms with Gasteiger partial charge in [0.05, 0.1) is 51.5 Å². The largest absolute Gasteiger partial charge is 0.490 e. The zero-order valence-electron chi connectivity index (χ0n) is 19.7. The molecular formula is C22H34O10S. The Bertz CT molecular complexity index is 851. The van der Waals surface area contributed by atoms with Crippen molar-refractivity contribution in [3.63, 3.8) is 0 Å². The Morgan fingerprint density at radius 2 is 1.55 bits per heavy atom. The molecule has 0 unspecified atom stereocenters. The highest BCUT2D eigenvalue weighted by atomic mass is 32.2. The van der Waals surface area contributed by atoms with Gasteiger partial charge in [0.25, 0.3) is 10.1 Å². The van der Waals surface area contributed by atoms with Crippen molar-refractivity contribution in [2.75, 3.05) is 59.1 Å². The van der Waals surface area contributed by atoms with Crippen molar-refractivity contribution >= 4 is 21.9 Å². The average molecular weight is 491 g/mol. The third-order valence-electron chi connectivity index (χ3n) is 4.12. The Labute approximate surface area is 195 Å². The molecule has 0 heterocycles. The van der Waals surface area contributed by atoms with E-state index < -0.39 is 16.1 Å². The predicted molar refractivity (Wildman–Crippen MR) is 120 cm³/mol. The predicted octanol–water partition coefficient (Wildman–Crippen LogP) is 2.17. The molecule has 0 amide bonds. The van der Waals surface area contributed by atoms with Gasteiger partial charge in [0, 0.05) is 5.56 Å². The minimum atomic E-state index is -3.47. The fourth-order valence-electron chi connectivity index (χ4n) is 2.78. The lowest BCUT2D eigenvalue weighted by atomic mass is 10.0. The van der Waals surface area contributed by atoms with Gasteiger partial charge < -0.3 is 23.7 Å². The van der Waals surface area contributed by atoms with E-state index in [9.17, 15) is 18.0 Å². The molecule has 0 aliphatic carbocycles. The number of carbonyl (C=O) groups is 2. The van der Waals surface area contributed by atoms with Gasteiger partial charge in [0.15, 0.2) is 12.4 Å². The van der Waals surface area contributed by atoms with Gasteiger partial charge in [0.1, 0.15) is 18.1 Å². The molecule has 0 bridgehead atoms. The van der Waals surface area contributed by atoms with E-state index in [-0.39, 0.29) is 58.6 Å². The minimum Gasteiger partial charge on any atom is -0.490 e. The standard InChI is InChI=1S/C22H34O10S/c1-5-7-19-20(31-16-21(24)29-6-2)9-8-18(17(3)23)22(19)30-14-12-27-10-11-28-13-15-32-33(4,25)26/h8-9H,5-7,10-16H2,1-4H3. The average Bonchev–Trinajstić information content (AvgIpc) is 2.74. The van der Waals surface area contributed by atoms with Crippen LogP contribution < -0.4 is 9.47 Å². The number of carbonyl (C=O) groups excluding carboxylic acids is 2. The van der Waals surface area contributed by atoms with Crippen LogP contribution in [0.2, 0.25) is 0 Å². The molecule has 188 valence electrons. The quantitative estimate of drug-likeness (QED) is 0.131. The summed E-state index contributed by atoms with van der Waals surface area (Å²) in [6.07, 6.45) is 2.35. The number of hydrogen-bond donors (Lipinski definition) is 0. The normalized spacial score (nSPS) is 11.3. The highest BCUT2D eigenvalue weighted by molar-refractivity contribution is 7.85. The Hall–Kier alpha value is -2.21. The van der Waals surface area contributed by atoms with E-state index >= 15 is 0 Å². The highest BCUT2D eigenvalue weighted by Gasteiger charge is 2.19. The topological polar surface area (TPSA) is 124 Å². The van der Waals surface area contributed by atoms with Gasteiger partial charge in [0.2, 0.25) is 0 Å². The van der Waals surface area contributed by atoms with Gasteiger partial charge in [-0.15, -0.1) is 0 Å². The molecule has 0 atom stereocenters. The summed E-state index contributed by atoms with van der Waals surface area (Å²) in [5, 5.41) is 0. The molecule has 33 heavy (non-hydrogen) atoms. The molecule has 0 aliphatic heterocycles. The van der Waals surface area contributed by atoms with E-state index in [0.717, 1.165) is 12.7 Å². The fourth-order valence-corrected chi connectivity index (χ4v) is 3.15. The number of esters is 1. The van der Waals surface area contributed by atoms with Crippen LogP contribution in [-0.4, -0.2) is 79.3 Å². The first kappa shape index (κ1) is 28.8. The molecule has 11 heteroatoms. The van der Waals surface area contributed by atoms with Crippen molar-refractivity contribution in [3.05, 3.63) is 23.3 Å². The van der Waals surface area contributed by atoms with Crippen LogP contribution in [0.15, 0.2) is 12.1 Å². The molecular weight excluding hydrogens is 456 g/mol. The second kappa shape index (κ2) is 15.6. The maximum atomic E-state index is 12.1. The molecule has 1 rings (SSSR count). The van der Waals surface area contributed by atoms with Gasteiger partial charge in [-0.05, 0) is 32.4 Å². The molecule has 0 aromatic heterocycles. The van der Waals surface area contributed by atoms with Crippen molar-refractivity contribution in [1.82, 2.24) is 0 Å². The molecule has 0 spiro atoms. The first-order valence-electron chi connectivity index (χ1n) is 10.8. The molecule has 0 radical (unpaired) electrons. The Balaban J connectivity index is 2.61. The molecule has 0 saturated heterocycles. The van der Waals surface area contributed by atoms with Crippen molar-refractivity contribution in [2.45, 2.75) is 33.6 Å². The monoisotopic (exact) mass is 490 g/mol. The molecule has 0 N–H and O–H groups in total. The van der Waals surface area contributed by atoms with E-state index in [0.29, 0.717) is 29.0 Å². The third-order valence-corrected chi connectivity index (χ3v) is 4.71. The van der Waals surface area contributed by atoms with Gasteiger partial charge in [-0.3, -0.25) is 8.98 Å². The summed E-state index contributed by atoms with van der Waals surface area (Å²) in [6, 6.07) is 3.28. The second-order valence-corrected chi connectivity index (χ2v) is 8.56. The Morgan fingerprint density at radius 3 is 2.12 bits per heavy atom. The zero-order chi connectivity index (χ0) is 24.7. The fraction of sp³-hybridized carbons (Fsp3) is 0.636. The summed E-state index contributed by atoms with van der Waals surface area (Å²) in [5.74, 6) is 0.264. The van der Waals surface area contributed by atoms with Crippen LogP contribution >= 0.6 is 0 Å². The molecule has 1 aromatic carbocycles. The molecule has 0 saturated carbocycles. The number of benzene rings is 1. The lowest BCUT2D eigenvalue weighted by Crippen LogP contribution is -2.17. The number of ether oxygens (including phenoxy) is 5. The summed E-state index contributed by atoms with van der Waals surface area (Å²) < 4.78 is 53.3. The van der Waals surface area contributed by atoms with E-state index in [1.165, 1.54) is 6.92 Å². The van der Waals surface area contributed by atoms with Crippen LogP contribution in [0.3, 0.4) is 0 Å². The lowest BCUT2D eigenvalue weighted by molar-refractivity contribution is -0.145. The van der Waals surface area contributed by atoms with Crippen molar-refractivity contribution < 1.29 is 45.9 Å². The van der Waals surface area contributed by atoms with Crippen LogP contribution in [0.25, 0.3) is 0 Å². The molecule has 10 nitrogen and oxygen atoms in total. The van der Waals surface area contributed by atoms with Gasteiger partial charge in [-0.1, -0.05) is 13.3 Å². The van der Waals surface area contributed by atoms with Gasteiger partial charge in [-0.25, -0.2) is 4.79 Å². The molecule has 1 aromatic rings. The Kier molecular flexibility index (Phi) is 13.6. The van der Waals surface area contributed by atoms with Crippen LogP contribution in [-0.2, 0) is 39.7 Å². The second-order valence-electron chi connectivity index (χ2n) is 6.92.